The summed E-state index contributed by atoms with van der Waals surface area (Å²) in [5.74, 6) is -0.448. The lowest BCUT2D eigenvalue weighted by Gasteiger charge is -2.17. The van der Waals surface area contributed by atoms with Crippen molar-refractivity contribution in [1.82, 2.24) is 0 Å². The Balaban J connectivity index is 2.11. The summed E-state index contributed by atoms with van der Waals surface area (Å²) >= 11 is 0. The number of amides is 1. The lowest BCUT2D eigenvalue weighted by atomic mass is 10.2. The maximum atomic E-state index is 12.0. The first-order valence-corrected chi connectivity index (χ1v) is 9.29. The summed E-state index contributed by atoms with van der Waals surface area (Å²) in [7, 11) is -1.99. The third-order valence-corrected chi connectivity index (χ3v) is 4.69. The van der Waals surface area contributed by atoms with Crippen molar-refractivity contribution < 1.29 is 18.1 Å². The van der Waals surface area contributed by atoms with Crippen LogP contribution in [0.25, 0.3) is 6.08 Å². The molecule has 0 unspecified atom stereocenters. The summed E-state index contributed by atoms with van der Waals surface area (Å²) in [5, 5.41) is 13.4. The summed E-state index contributed by atoms with van der Waals surface area (Å²) < 4.78 is 24.3. The van der Waals surface area contributed by atoms with Gasteiger partial charge < -0.3 is 5.32 Å². The fourth-order valence-electron chi connectivity index (χ4n) is 2.07. The van der Waals surface area contributed by atoms with Crippen molar-refractivity contribution in [2.24, 2.45) is 0 Å². The number of anilines is 2. The van der Waals surface area contributed by atoms with Gasteiger partial charge >= 0.3 is 0 Å². The number of nitro groups is 1. The lowest BCUT2D eigenvalue weighted by molar-refractivity contribution is -0.384. The predicted octanol–water partition coefficient (Wildman–Crippen LogP) is 2.64. The van der Waals surface area contributed by atoms with E-state index in [2.05, 4.69) is 5.32 Å². The quantitative estimate of drug-likeness (QED) is 0.474. The van der Waals surface area contributed by atoms with E-state index >= 15 is 0 Å². The number of benzene rings is 2. The van der Waals surface area contributed by atoms with Crippen LogP contribution in [0.2, 0.25) is 0 Å². The van der Waals surface area contributed by atoms with Crippen LogP contribution >= 0.6 is 0 Å². The van der Waals surface area contributed by atoms with Gasteiger partial charge in [0.2, 0.25) is 15.9 Å². The van der Waals surface area contributed by atoms with E-state index in [-0.39, 0.29) is 5.69 Å². The van der Waals surface area contributed by atoms with Gasteiger partial charge in [0.25, 0.3) is 5.69 Å². The Morgan fingerprint density at radius 3 is 2.54 bits per heavy atom. The van der Waals surface area contributed by atoms with E-state index in [1.807, 2.05) is 0 Å². The molecule has 0 saturated heterocycles. The summed E-state index contributed by atoms with van der Waals surface area (Å²) in [6, 6.07) is 12.3. The third kappa shape index (κ3) is 5.15. The van der Waals surface area contributed by atoms with Crippen molar-refractivity contribution in [3.05, 3.63) is 70.3 Å². The SMILES string of the molecule is CN(c1cccc(NC(=O)C=Cc2cccc([N+](=O)[O-])c2)c1)S(C)(=O)=O. The number of nitrogens with zero attached hydrogens (tertiary/aromatic N) is 2. The van der Waals surface area contributed by atoms with Gasteiger partial charge in [-0.2, -0.15) is 0 Å². The van der Waals surface area contributed by atoms with Crippen molar-refractivity contribution in [1.29, 1.82) is 0 Å². The highest BCUT2D eigenvalue weighted by atomic mass is 32.2. The third-order valence-electron chi connectivity index (χ3n) is 3.48. The van der Waals surface area contributed by atoms with E-state index in [4.69, 9.17) is 0 Å². The predicted molar refractivity (Wildman–Crippen MR) is 100 cm³/mol. The first kappa shape index (κ1) is 19.1. The molecule has 0 spiro atoms. The van der Waals surface area contributed by atoms with Crippen LogP contribution in [-0.2, 0) is 14.8 Å². The summed E-state index contributed by atoms with van der Waals surface area (Å²) in [4.78, 5) is 22.3. The highest BCUT2D eigenvalue weighted by molar-refractivity contribution is 7.92. The zero-order valence-corrected chi connectivity index (χ0v) is 14.9. The van der Waals surface area contributed by atoms with E-state index < -0.39 is 20.9 Å². The second kappa shape index (κ2) is 7.79. The molecular weight excluding hydrogens is 358 g/mol. The molecule has 0 aliphatic heterocycles. The molecule has 2 aromatic rings. The number of carbonyl (C=O) groups excluding carboxylic acids is 1. The van der Waals surface area contributed by atoms with Crippen LogP contribution in [0.15, 0.2) is 54.6 Å². The largest absolute Gasteiger partial charge is 0.322 e. The van der Waals surface area contributed by atoms with Crippen molar-refractivity contribution in [2.45, 2.75) is 0 Å². The van der Waals surface area contributed by atoms with E-state index in [1.165, 1.54) is 43.5 Å². The first-order valence-electron chi connectivity index (χ1n) is 7.44. The number of carbonyl (C=O) groups is 1. The van der Waals surface area contributed by atoms with E-state index in [0.717, 1.165) is 10.6 Å². The number of rotatable bonds is 6. The van der Waals surface area contributed by atoms with E-state index in [9.17, 15) is 23.3 Å². The second-order valence-electron chi connectivity index (χ2n) is 5.46. The molecular formula is C17H17N3O5S. The molecule has 0 bridgehead atoms. The highest BCUT2D eigenvalue weighted by Crippen LogP contribution is 2.20. The molecule has 0 aliphatic rings. The van der Waals surface area contributed by atoms with Crippen LogP contribution in [0.4, 0.5) is 17.1 Å². The van der Waals surface area contributed by atoms with Gasteiger partial charge in [-0.05, 0) is 29.8 Å². The highest BCUT2D eigenvalue weighted by Gasteiger charge is 2.12. The maximum Gasteiger partial charge on any atom is 0.270 e. The van der Waals surface area contributed by atoms with E-state index in [0.29, 0.717) is 16.9 Å². The Morgan fingerprint density at radius 2 is 1.88 bits per heavy atom. The molecule has 0 fully saturated rings. The molecule has 2 rings (SSSR count). The fraction of sp³-hybridized carbons (Fsp3) is 0.118. The molecule has 136 valence electrons. The molecule has 9 heteroatoms. The van der Waals surface area contributed by atoms with Gasteiger partial charge in [-0.1, -0.05) is 18.2 Å². The van der Waals surface area contributed by atoms with Gasteiger partial charge in [-0.25, -0.2) is 8.42 Å². The Kier molecular flexibility index (Phi) is 5.73. The van der Waals surface area contributed by atoms with Crippen LogP contribution in [0.3, 0.4) is 0 Å². The summed E-state index contributed by atoms with van der Waals surface area (Å²) in [5.41, 5.74) is 1.28. The maximum absolute atomic E-state index is 12.0. The molecule has 8 nitrogen and oxygen atoms in total. The molecule has 0 heterocycles. The average Bonchev–Trinajstić information content (AvgIpc) is 2.59. The van der Waals surface area contributed by atoms with Gasteiger partial charge in [-0.3, -0.25) is 19.2 Å². The van der Waals surface area contributed by atoms with Gasteiger partial charge in [0.15, 0.2) is 0 Å². The van der Waals surface area contributed by atoms with Gasteiger partial charge in [0.1, 0.15) is 0 Å². The molecule has 0 aromatic heterocycles. The molecule has 0 atom stereocenters. The second-order valence-corrected chi connectivity index (χ2v) is 7.47. The number of non-ortho nitro benzene ring substituents is 1. The Labute approximate surface area is 151 Å². The van der Waals surface area contributed by atoms with Crippen molar-refractivity contribution in [3.8, 4) is 0 Å². The van der Waals surface area contributed by atoms with Crippen molar-refractivity contribution >= 4 is 39.1 Å². The van der Waals surface area contributed by atoms with Gasteiger partial charge in [0, 0.05) is 30.9 Å². The summed E-state index contributed by atoms with van der Waals surface area (Å²) in [6.07, 6.45) is 3.78. The normalized spacial score (nSPS) is 11.3. The van der Waals surface area contributed by atoms with Crippen LogP contribution < -0.4 is 9.62 Å². The zero-order chi connectivity index (χ0) is 19.3. The molecule has 0 aliphatic carbocycles. The van der Waals surface area contributed by atoms with Crippen molar-refractivity contribution in [2.75, 3.05) is 22.9 Å². The molecule has 1 N–H and O–H groups in total. The minimum Gasteiger partial charge on any atom is -0.322 e. The minimum atomic E-state index is -3.41. The Bertz CT molecular complexity index is 970. The summed E-state index contributed by atoms with van der Waals surface area (Å²) in [6.45, 7) is 0. The van der Waals surface area contributed by atoms with Gasteiger partial charge in [-0.15, -0.1) is 0 Å². The number of nitrogens with one attached hydrogen (secondary N) is 1. The van der Waals surface area contributed by atoms with E-state index in [1.54, 1.807) is 24.3 Å². The molecule has 0 saturated carbocycles. The zero-order valence-electron chi connectivity index (χ0n) is 14.1. The Morgan fingerprint density at radius 1 is 1.19 bits per heavy atom. The topological polar surface area (TPSA) is 110 Å². The van der Waals surface area contributed by atoms with Gasteiger partial charge in [0.05, 0.1) is 16.9 Å². The monoisotopic (exact) mass is 375 g/mol. The smallest absolute Gasteiger partial charge is 0.270 e. The Hall–Kier alpha value is -3.20. The number of hydrogen-bond acceptors (Lipinski definition) is 5. The molecule has 26 heavy (non-hydrogen) atoms. The number of sulfonamides is 1. The van der Waals surface area contributed by atoms with Crippen molar-refractivity contribution in [3.63, 3.8) is 0 Å². The standard InChI is InChI=1S/C17H17N3O5S/c1-19(26(2,24)25)15-7-4-6-14(12-15)18-17(21)10-9-13-5-3-8-16(11-13)20(22)23/h3-12H,1-2H3,(H,18,21). The molecule has 1 amide bonds. The first-order chi connectivity index (χ1) is 12.2. The van der Waals surface area contributed by atoms with Crippen LogP contribution in [0.5, 0.6) is 0 Å². The fourth-order valence-corrected chi connectivity index (χ4v) is 2.57. The number of hydrogen-bond donors (Lipinski definition) is 1. The molecule has 2 aromatic carbocycles. The van der Waals surface area contributed by atoms with Crippen LogP contribution in [0.1, 0.15) is 5.56 Å². The average molecular weight is 375 g/mol. The van der Waals surface area contributed by atoms with Crippen LogP contribution in [-0.4, -0.2) is 32.6 Å². The molecule has 0 radical (unpaired) electrons. The lowest BCUT2D eigenvalue weighted by Crippen LogP contribution is -2.24. The van der Waals surface area contributed by atoms with Crippen LogP contribution in [0, 0.1) is 10.1 Å². The minimum absolute atomic E-state index is 0.0657. The number of nitro benzene ring substituents is 1.